The SMILES string of the molecule is Cn1ccnc1C(Nc1nccn2cnnc12)C(F)(F)F. The van der Waals surface area contributed by atoms with Crippen molar-refractivity contribution < 1.29 is 13.2 Å². The van der Waals surface area contributed by atoms with E-state index in [1.54, 1.807) is 6.20 Å². The molecule has 0 fully saturated rings. The number of fused-ring (bicyclic) bond motifs is 1. The van der Waals surface area contributed by atoms with Crippen LogP contribution in [0.1, 0.15) is 11.9 Å². The zero-order valence-electron chi connectivity index (χ0n) is 10.8. The van der Waals surface area contributed by atoms with Gasteiger partial charge in [0.2, 0.25) is 5.65 Å². The molecule has 1 atom stereocenters. The van der Waals surface area contributed by atoms with Crippen LogP contribution in [0.4, 0.5) is 19.0 Å². The van der Waals surface area contributed by atoms with Crippen molar-refractivity contribution in [1.82, 2.24) is 29.1 Å². The number of nitrogens with one attached hydrogen (secondary N) is 1. The fourth-order valence-corrected chi connectivity index (χ4v) is 1.95. The van der Waals surface area contributed by atoms with Crippen LogP contribution in [0.25, 0.3) is 5.65 Å². The molecule has 0 spiro atoms. The Labute approximate surface area is 116 Å². The second-order valence-electron chi connectivity index (χ2n) is 4.35. The van der Waals surface area contributed by atoms with Crippen LogP contribution in [-0.2, 0) is 7.05 Å². The summed E-state index contributed by atoms with van der Waals surface area (Å²) >= 11 is 0. The summed E-state index contributed by atoms with van der Waals surface area (Å²) in [7, 11) is 1.49. The highest BCUT2D eigenvalue weighted by Gasteiger charge is 2.44. The van der Waals surface area contributed by atoms with Gasteiger partial charge in [0.15, 0.2) is 11.9 Å². The van der Waals surface area contributed by atoms with E-state index >= 15 is 0 Å². The largest absolute Gasteiger partial charge is 0.415 e. The van der Waals surface area contributed by atoms with Gasteiger partial charge in [-0.05, 0) is 0 Å². The maximum Gasteiger partial charge on any atom is 0.415 e. The first-order valence-corrected chi connectivity index (χ1v) is 5.91. The minimum atomic E-state index is -4.53. The van der Waals surface area contributed by atoms with Crippen LogP contribution in [-0.4, -0.2) is 35.3 Å². The van der Waals surface area contributed by atoms with Gasteiger partial charge >= 0.3 is 6.18 Å². The third-order valence-corrected chi connectivity index (χ3v) is 2.94. The monoisotopic (exact) mass is 297 g/mol. The van der Waals surface area contributed by atoms with Crippen LogP contribution in [0.2, 0.25) is 0 Å². The van der Waals surface area contributed by atoms with E-state index in [2.05, 4.69) is 25.5 Å². The van der Waals surface area contributed by atoms with Crippen molar-refractivity contribution in [3.63, 3.8) is 0 Å². The summed E-state index contributed by atoms with van der Waals surface area (Å²) in [5, 5.41) is 9.74. The van der Waals surface area contributed by atoms with Gasteiger partial charge in [-0.1, -0.05) is 0 Å². The summed E-state index contributed by atoms with van der Waals surface area (Å²) in [6.07, 6.45) is 2.51. The molecule has 0 radical (unpaired) electrons. The van der Waals surface area contributed by atoms with Gasteiger partial charge in [-0.15, -0.1) is 10.2 Å². The van der Waals surface area contributed by atoms with E-state index in [0.717, 1.165) is 0 Å². The van der Waals surface area contributed by atoms with Crippen LogP contribution < -0.4 is 5.32 Å². The molecule has 0 amide bonds. The molecule has 0 bridgehead atoms. The number of aromatic nitrogens is 6. The van der Waals surface area contributed by atoms with Gasteiger partial charge < -0.3 is 9.88 Å². The Balaban J connectivity index is 2.03. The van der Waals surface area contributed by atoms with E-state index in [9.17, 15) is 13.2 Å². The zero-order valence-corrected chi connectivity index (χ0v) is 10.8. The number of imidazole rings is 1. The average Bonchev–Trinajstić information content (AvgIpc) is 3.03. The lowest BCUT2D eigenvalue weighted by molar-refractivity contribution is -0.146. The molecule has 0 aliphatic heterocycles. The standard InChI is InChI=1S/C11H10F3N7/c1-20-4-2-16-9(20)7(11(12,13)14)18-8-10-19-17-6-21(10)5-3-15-8/h2-7H,1H3,(H,15,18). The summed E-state index contributed by atoms with van der Waals surface area (Å²) in [4.78, 5) is 7.66. The highest BCUT2D eigenvalue weighted by atomic mass is 19.4. The van der Waals surface area contributed by atoms with Crippen LogP contribution >= 0.6 is 0 Å². The number of aryl methyl sites for hydroxylation is 1. The Morgan fingerprint density at radius 1 is 1.19 bits per heavy atom. The summed E-state index contributed by atoms with van der Waals surface area (Å²) in [6, 6.07) is -1.99. The third-order valence-electron chi connectivity index (χ3n) is 2.94. The molecular formula is C11H10F3N7. The zero-order chi connectivity index (χ0) is 15.0. The van der Waals surface area contributed by atoms with Gasteiger partial charge in [0.25, 0.3) is 0 Å². The molecule has 0 aliphatic rings. The van der Waals surface area contributed by atoms with Crippen molar-refractivity contribution in [2.75, 3.05) is 5.32 Å². The van der Waals surface area contributed by atoms with E-state index in [4.69, 9.17) is 0 Å². The third kappa shape index (κ3) is 2.39. The second kappa shape index (κ2) is 4.72. The molecule has 10 heteroatoms. The Bertz CT molecular complexity index is 760. The van der Waals surface area contributed by atoms with Crippen LogP contribution in [0.5, 0.6) is 0 Å². The Morgan fingerprint density at radius 3 is 2.62 bits per heavy atom. The number of halogens is 3. The van der Waals surface area contributed by atoms with Crippen molar-refractivity contribution in [1.29, 1.82) is 0 Å². The second-order valence-corrected chi connectivity index (χ2v) is 4.35. The molecule has 0 saturated heterocycles. The van der Waals surface area contributed by atoms with Crippen molar-refractivity contribution in [3.05, 3.63) is 36.9 Å². The van der Waals surface area contributed by atoms with E-state index in [-0.39, 0.29) is 17.3 Å². The van der Waals surface area contributed by atoms with Gasteiger partial charge in [-0.25, -0.2) is 9.97 Å². The van der Waals surface area contributed by atoms with Gasteiger partial charge in [-0.2, -0.15) is 13.2 Å². The van der Waals surface area contributed by atoms with Gasteiger partial charge in [0.1, 0.15) is 12.2 Å². The van der Waals surface area contributed by atoms with Crippen LogP contribution in [0, 0.1) is 0 Å². The average molecular weight is 297 g/mol. The highest BCUT2D eigenvalue weighted by molar-refractivity contribution is 5.62. The number of hydrogen-bond acceptors (Lipinski definition) is 5. The molecule has 0 aliphatic carbocycles. The molecule has 1 N–H and O–H groups in total. The molecule has 0 saturated carbocycles. The fraction of sp³-hybridized carbons (Fsp3) is 0.273. The van der Waals surface area contributed by atoms with Gasteiger partial charge in [0.05, 0.1) is 0 Å². The summed E-state index contributed by atoms with van der Waals surface area (Å²) < 4.78 is 42.6. The first-order valence-electron chi connectivity index (χ1n) is 5.91. The maximum atomic E-state index is 13.3. The lowest BCUT2D eigenvalue weighted by atomic mass is 10.2. The number of anilines is 1. The van der Waals surface area contributed by atoms with Crippen molar-refractivity contribution >= 4 is 11.5 Å². The number of nitrogens with zero attached hydrogens (tertiary/aromatic N) is 6. The Hall–Kier alpha value is -2.65. The molecule has 110 valence electrons. The Kier molecular flexibility index (Phi) is 3.00. The lowest BCUT2D eigenvalue weighted by Crippen LogP contribution is -2.30. The minimum absolute atomic E-state index is 0.0136. The fourth-order valence-electron chi connectivity index (χ4n) is 1.95. The first-order chi connectivity index (χ1) is 9.97. The van der Waals surface area contributed by atoms with Crippen molar-refractivity contribution in [2.45, 2.75) is 12.2 Å². The maximum absolute atomic E-state index is 13.3. The van der Waals surface area contributed by atoms with Gasteiger partial charge in [-0.3, -0.25) is 4.40 Å². The Morgan fingerprint density at radius 2 is 1.95 bits per heavy atom. The van der Waals surface area contributed by atoms with E-state index in [1.807, 2.05) is 0 Å². The minimum Gasteiger partial charge on any atom is -0.349 e. The summed E-state index contributed by atoms with van der Waals surface area (Å²) in [5.74, 6) is -0.175. The molecule has 0 aromatic carbocycles. The number of alkyl halides is 3. The molecular weight excluding hydrogens is 287 g/mol. The quantitative estimate of drug-likeness (QED) is 0.794. The summed E-state index contributed by atoms with van der Waals surface area (Å²) in [5.41, 5.74) is 0.209. The molecule has 3 aromatic rings. The molecule has 1 unspecified atom stereocenters. The number of hydrogen-bond donors (Lipinski definition) is 1. The van der Waals surface area contributed by atoms with E-state index in [1.165, 1.54) is 40.9 Å². The molecule has 7 nitrogen and oxygen atoms in total. The molecule has 3 rings (SSSR count). The van der Waals surface area contributed by atoms with Crippen molar-refractivity contribution in [3.8, 4) is 0 Å². The first kappa shape index (κ1) is 13.3. The molecule has 3 heterocycles. The van der Waals surface area contributed by atoms with E-state index < -0.39 is 12.2 Å². The van der Waals surface area contributed by atoms with E-state index in [0.29, 0.717) is 0 Å². The van der Waals surface area contributed by atoms with Crippen LogP contribution in [0.3, 0.4) is 0 Å². The normalized spacial score (nSPS) is 13.5. The van der Waals surface area contributed by atoms with Gasteiger partial charge in [0, 0.05) is 31.8 Å². The number of rotatable bonds is 3. The van der Waals surface area contributed by atoms with Crippen molar-refractivity contribution in [2.24, 2.45) is 7.05 Å². The van der Waals surface area contributed by atoms with Crippen LogP contribution in [0.15, 0.2) is 31.1 Å². The predicted octanol–water partition coefficient (Wildman–Crippen LogP) is 1.57. The summed E-state index contributed by atoms with van der Waals surface area (Å²) in [6.45, 7) is 0. The smallest absolute Gasteiger partial charge is 0.349 e. The highest BCUT2D eigenvalue weighted by Crippen LogP contribution is 2.34. The predicted molar refractivity (Wildman–Crippen MR) is 66.4 cm³/mol. The molecule has 21 heavy (non-hydrogen) atoms. The lowest BCUT2D eigenvalue weighted by Gasteiger charge is -2.21. The molecule has 3 aromatic heterocycles. The topological polar surface area (TPSA) is 72.9 Å².